The van der Waals surface area contributed by atoms with E-state index in [4.69, 9.17) is 0 Å². The summed E-state index contributed by atoms with van der Waals surface area (Å²) in [6.07, 6.45) is 2.10. The fourth-order valence-corrected chi connectivity index (χ4v) is 2.98. The number of benzene rings is 1. The van der Waals surface area contributed by atoms with Crippen LogP contribution in [0.15, 0.2) is 28.7 Å². The maximum Gasteiger partial charge on any atom is 0.253 e. The van der Waals surface area contributed by atoms with Crippen molar-refractivity contribution >= 4 is 27.7 Å². The van der Waals surface area contributed by atoms with Crippen LogP contribution in [0.3, 0.4) is 0 Å². The topological polar surface area (TPSA) is 49.4 Å². The summed E-state index contributed by atoms with van der Waals surface area (Å²) < 4.78 is 0.735. The van der Waals surface area contributed by atoms with E-state index in [9.17, 15) is 9.59 Å². The van der Waals surface area contributed by atoms with Gasteiger partial charge in [0, 0.05) is 17.6 Å². The minimum Gasteiger partial charge on any atom is -0.341 e. The molecule has 0 aliphatic carbocycles. The van der Waals surface area contributed by atoms with E-state index in [0.29, 0.717) is 5.56 Å². The zero-order valence-corrected chi connectivity index (χ0v) is 14.0. The van der Waals surface area contributed by atoms with Crippen LogP contribution in [0.2, 0.25) is 0 Å². The average Bonchev–Trinajstić information content (AvgIpc) is 2.98. The van der Waals surface area contributed by atoms with Gasteiger partial charge in [0.1, 0.15) is 6.04 Å². The monoisotopic (exact) mass is 352 g/mol. The highest BCUT2D eigenvalue weighted by molar-refractivity contribution is 9.10. The van der Waals surface area contributed by atoms with Crippen molar-refractivity contribution in [3.05, 3.63) is 34.3 Å². The number of carbonyl (C=O) groups is 2. The van der Waals surface area contributed by atoms with Crippen molar-refractivity contribution in [1.82, 2.24) is 10.2 Å². The van der Waals surface area contributed by atoms with Gasteiger partial charge in [-0.25, -0.2) is 0 Å². The predicted octanol–water partition coefficient (Wildman–Crippen LogP) is 2.83. The van der Waals surface area contributed by atoms with Gasteiger partial charge in [0.25, 0.3) is 5.91 Å². The van der Waals surface area contributed by atoms with Crippen molar-refractivity contribution < 1.29 is 9.59 Å². The lowest BCUT2D eigenvalue weighted by atomic mass is 10.0. The third kappa shape index (κ3) is 3.84. The number of rotatable bonds is 4. The van der Waals surface area contributed by atoms with E-state index >= 15 is 0 Å². The molecule has 1 aromatic rings. The number of amides is 2. The molecule has 0 aromatic heterocycles. The quantitative estimate of drug-likeness (QED) is 0.905. The van der Waals surface area contributed by atoms with E-state index in [2.05, 4.69) is 21.2 Å². The van der Waals surface area contributed by atoms with Crippen LogP contribution in [0.4, 0.5) is 0 Å². The summed E-state index contributed by atoms with van der Waals surface area (Å²) in [5.74, 6) is -0.124. The molecule has 2 amide bonds. The van der Waals surface area contributed by atoms with Gasteiger partial charge in [-0.3, -0.25) is 9.59 Å². The molecule has 0 bridgehead atoms. The largest absolute Gasteiger partial charge is 0.341 e. The van der Waals surface area contributed by atoms with E-state index < -0.39 is 6.04 Å². The molecule has 114 valence electrons. The zero-order valence-electron chi connectivity index (χ0n) is 12.4. The lowest BCUT2D eigenvalue weighted by Crippen LogP contribution is -2.50. The molecular formula is C16H21BrN2O2. The van der Waals surface area contributed by atoms with Gasteiger partial charge in [0.05, 0.1) is 5.56 Å². The molecule has 1 fully saturated rings. The summed E-state index contributed by atoms with van der Waals surface area (Å²) in [7, 11) is 0. The minimum absolute atomic E-state index is 0.0305. The summed E-state index contributed by atoms with van der Waals surface area (Å²) in [5.41, 5.74) is 0.553. The minimum atomic E-state index is -0.470. The Kier molecular flexibility index (Phi) is 5.39. The Morgan fingerprint density at radius 2 is 1.81 bits per heavy atom. The van der Waals surface area contributed by atoms with Gasteiger partial charge < -0.3 is 10.2 Å². The highest BCUT2D eigenvalue weighted by Crippen LogP contribution is 2.17. The van der Waals surface area contributed by atoms with Crippen LogP contribution in [-0.2, 0) is 4.79 Å². The normalized spacial score (nSPS) is 16.1. The maximum atomic E-state index is 12.5. The Morgan fingerprint density at radius 3 is 2.38 bits per heavy atom. The first-order chi connectivity index (χ1) is 10.0. The fourth-order valence-electron chi connectivity index (χ4n) is 2.51. The summed E-state index contributed by atoms with van der Waals surface area (Å²) in [5, 5.41) is 2.89. The first-order valence-corrected chi connectivity index (χ1v) is 8.14. The van der Waals surface area contributed by atoms with Gasteiger partial charge in [-0.2, -0.15) is 0 Å². The molecule has 4 nitrogen and oxygen atoms in total. The molecular weight excluding hydrogens is 332 g/mol. The summed E-state index contributed by atoms with van der Waals surface area (Å²) in [6.45, 7) is 5.51. The van der Waals surface area contributed by atoms with Gasteiger partial charge in [-0.05, 0) is 46.8 Å². The van der Waals surface area contributed by atoms with Crippen molar-refractivity contribution in [2.45, 2.75) is 32.7 Å². The standard InChI is InChI=1S/C16H21BrN2O2/c1-11(2)14(16(21)19-9-5-6-10-19)18-15(20)12-7-3-4-8-13(12)17/h3-4,7-8,11,14H,5-6,9-10H2,1-2H3,(H,18,20)/t14-/m0/s1. The lowest BCUT2D eigenvalue weighted by molar-refractivity contribution is -0.133. The van der Waals surface area contributed by atoms with Crippen LogP contribution in [0.25, 0.3) is 0 Å². The van der Waals surface area contributed by atoms with Crippen molar-refractivity contribution in [3.8, 4) is 0 Å². The van der Waals surface area contributed by atoms with Crippen molar-refractivity contribution in [2.24, 2.45) is 5.92 Å². The van der Waals surface area contributed by atoms with E-state index in [0.717, 1.165) is 30.4 Å². The Morgan fingerprint density at radius 1 is 1.19 bits per heavy atom. The van der Waals surface area contributed by atoms with E-state index in [1.807, 2.05) is 36.9 Å². The number of nitrogens with one attached hydrogen (secondary N) is 1. The number of hydrogen-bond acceptors (Lipinski definition) is 2. The fraction of sp³-hybridized carbons (Fsp3) is 0.500. The summed E-state index contributed by atoms with van der Waals surface area (Å²) >= 11 is 3.37. The molecule has 5 heteroatoms. The number of nitrogens with zero attached hydrogens (tertiary/aromatic N) is 1. The Labute approximate surface area is 134 Å². The molecule has 1 aliphatic heterocycles. The highest BCUT2D eigenvalue weighted by atomic mass is 79.9. The van der Waals surface area contributed by atoms with Crippen LogP contribution < -0.4 is 5.32 Å². The maximum absolute atomic E-state index is 12.5. The van der Waals surface area contributed by atoms with Crippen LogP contribution in [0.5, 0.6) is 0 Å². The van der Waals surface area contributed by atoms with Gasteiger partial charge >= 0.3 is 0 Å². The third-order valence-corrected chi connectivity index (χ3v) is 4.45. The van der Waals surface area contributed by atoms with Crippen LogP contribution in [0, 0.1) is 5.92 Å². The number of carbonyl (C=O) groups excluding carboxylic acids is 2. The summed E-state index contributed by atoms with van der Waals surface area (Å²) in [4.78, 5) is 26.8. The number of halogens is 1. The second kappa shape index (κ2) is 7.07. The molecule has 1 aromatic carbocycles. The van der Waals surface area contributed by atoms with Gasteiger partial charge in [-0.15, -0.1) is 0 Å². The Bertz CT molecular complexity index is 525. The van der Waals surface area contributed by atoms with E-state index in [1.165, 1.54) is 0 Å². The van der Waals surface area contributed by atoms with Crippen molar-refractivity contribution in [2.75, 3.05) is 13.1 Å². The van der Waals surface area contributed by atoms with Gasteiger partial charge in [0.2, 0.25) is 5.91 Å². The highest BCUT2D eigenvalue weighted by Gasteiger charge is 2.30. The molecule has 0 saturated carbocycles. The Hall–Kier alpha value is -1.36. The lowest BCUT2D eigenvalue weighted by Gasteiger charge is -2.26. The van der Waals surface area contributed by atoms with E-state index in [-0.39, 0.29) is 17.7 Å². The molecule has 1 heterocycles. The second-order valence-corrected chi connectivity index (χ2v) is 6.56. The molecule has 1 saturated heterocycles. The Balaban J connectivity index is 2.11. The predicted molar refractivity (Wildman–Crippen MR) is 86.0 cm³/mol. The van der Waals surface area contributed by atoms with E-state index in [1.54, 1.807) is 6.07 Å². The van der Waals surface area contributed by atoms with Gasteiger partial charge in [-0.1, -0.05) is 26.0 Å². The SMILES string of the molecule is CC(C)[C@H](NC(=O)c1ccccc1Br)C(=O)N1CCCC1. The molecule has 0 spiro atoms. The van der Waals surface area contributed by atoms with Crippen LogP contribution >= 0.6 is 15.9 Å². The molecule has 21 heavy (non-hydrogen) atoms. The van der Waals surface area contributed by atoms with Crippen LogP contribution in [0.1, 0.15) is 37.0 Å². The first-order valence-electron chi connectivity index (χ1n) is 7.35. The van der Waals surface area contributed by atoms with Crippen molar-refractivity contribution in [3.63, 3.8) is 0 Å². The zero-order chi connectivity index (χ0) is 15.4. The molecule has 0 radical (unpaired) electrons. The van der Waals surface area contributed by atoms with Crippen molar-refractivity contribution in [1.29, 1.82) is 0 Å². The van der Waals surface area contributed by atoms with Gasteiger partial charge in [0.15, 0.2) is 0 Å². The average molecular weight is 353 g/mol. The summed E-state index contributed by atoms with van der Waals surface area (Å²) in [6, 6.07) is 6.77. The first kappa shape index (κ1) is 16.0. The molecule has 1 atom stereocenters. The third-order valence-electron chi connectivity index (χ3n) is 3.76. The second-order valence-electron chi connectivity index (χ2n) is 5.71. The molecule has 1 N–H and O–H groups in total. The molecule has 0 unspecified atom stereocenters. The number of hydrogen-bond donors (Lipinski definition) is 1. The number of likely N-dealkylation sites (tertiary alicyclic amines) is 1. The molecule has 2 rings (SSSR count). The van der Waals surface area contributed by atoms with Crippen LogP contribution in [-0.4, -0.2) is 35.8 Å². The molecule has 1 aliphatic rings. The smallest absolute Gasteiger partial charge is 0.253 e.